The lowest BCUT2D eigenvalue weighted by atomic mass is 9.82. The van der Waals surface area contributed by atoms with E-state index in [-0.39, 0.29) is 24.2 Å². The largest absolute Gasteiger partial charge is 0.383 e. The number of hydrogen-bond donors (Lipinski definition) is 3. The molecule has 3 N–H and O–H groups in total. The van der Waals surface area contributed by atoms with Crippen molar-refractivity contribution in [1.29, 1.82) is 0 Å². The van der Waals surface area contributed by atoms with E-state index >= 15 is 0 Å². The Morgan fingerprint density at radius 1 is 0.889 bits per heavy atom. The summed E-state index contributed by atoms with van der Waals surface area (Å²) >= 11 is 0. The molecule has 1 saturated carbocycles. The van der Waals surface area contributed by atoms with Crippen molar-refractivity contribution in [1.82, 2.24) is 10.6 Å². The predicted molar refractivity (Wildman–Crippen MR) is 141 cm³/mol. The van der Waals surface area contributed by atoms with Gasteiger partial charge in [-0.25, -0.2) is 0 Å². The van der Waals surface area contributed by atoms with Gasteiger partial charge in [0.25, 0.3) is 0 Å². The lowest BCUT2D eigenvalue weighted by Crippen LogP contribution is -2.55. The maximum Gasteiger partial charge on any atom is 0.242 e. The molecule has 0 unspecified atom stereocenters. The van der Waals surface area contributed by atoms with Gasteiger partial charge in [0.2, 0.25) is 11.8 Å². The van der Waals surface area contributed by atoms with Gasteiger partial charge in [-0.3, -0.25) is 14.4 Å². The molecule has 0 bridgehead atoms. The van der Waals surface area contributed by atoms with Gasteiger partial charge in [-0.15, -0.1) is 0 Å². The number of hydrogen-bond acceptors (Lipinski definition) is 4. The molecule has 3 atom stereocenters. The summed E-state index contributed by atoms with van der Waals surface area (Å²) in [5, 5.41) is 17.0. The van der Waals surface area contributed by atoms with Crippen molar-refractivity contribution in [3.8, 4) is 0 Å². The highest BCUT2D eigenvalue weighted by atomic mass is 16.3. The average Bonchev–Trinajstić information content (AvgIpc) is 2.88. The highest BCUT2D eigenvalue weighted by Gasteiger charge is 2.33. The molecule has 0 saturated heterocycles. The Kier molecular flexibility index (Phi) is 10.7. The molecule has 0 aliphatic heterocycles. The van der Waals surface area contributed by atoms with E-state index in [1.54, 1.807) is 24.3 Å². The minimum absolute atomic E-state index is 0.172. The van der Waals surface area contributed by atoms with Crippen LogP contribution in [0.4, 0.5) is 0 Å². The third kappa shape index (κ3) is 8.59. The first kappa shape index (κ1) is 27.6. The van der Waals surface area contributed by atoms with Crippen molar-refractivity contribution in [2.24, 2.45) is 11.8 Å². The molecule has 1 aliphatic rings. The van der Waals surface area contributed by atoms with Crippen LogP contribution in [0.3, 0.4) is 0 Å². The lowest BCUT2D eigenvalue weighted by Gasteiger charge is -2.31. The first-order chi connectivity index (χ1) is 17.3. The average molecular weight is 493 g/mol. The van der Waals surface area contributed by atoms with Gasteiger partial charge >= 0.3 is 0 Å². The molecular weight excluding hydrogens is 452 g/mol. The topological polar surface area (TPSA) is 95.5 Å². The van der Waals surface area contributed by atoms with Crippen LogP contribution in [0, 0.1) is 11.8 Å². The minimum atomic E-state index is -1.35. The number of aliphatic hydroxyl groups excluding tert-OH is 1. The second-order valence-electron chi connectivity index (χ2n) is 10.4. The smallest absolute Gasteiger partial charge is 0.242 e. The van der Waals surface area contributed by atoms with E-state index in [0.717, 1.165) is 31.2 Å². The first-order valence-corrected chi connectivity index (χ1v) is 13.2. The third-order valence-corrected chi connectivity index (χ3v) is 6.91. The second-order valence-corrected chi connectivity index (χ2v) is 10.4. The summed E-state index contributed by atoms with van der Waals surface area (Å²) in [4.78, 5) is 39.2. The third-order valence-electron chi connectivity index (χ3n) is 6.91. The van der Waals surface area contributed by atoms with Crippen LogP contribution in [0.5, 0.6) is 0 Å². The predicted octanol–water partition coefficient (Wildman–Crippen LogP) is 4.46. The number of Topliss-reactive ketones (excluding diaryl/α,β-unsaturated/α-hetero) is 1. The molecule has 2 amide bonds. The van der Waals surface area contributed by atoms with Crippen molar-refractivity contribution < 1.29 is 19.5 Å². The summed E-state index contributed by atoms with van der Waals surface area (Å²) < 4.78 is 0. The second kappa shape index (κ2) is 13.9. The molecule has 1 aliphatic carbocycles. The van der Waals surface area contributed by atoms with Crippen molar-refractivity contribution in [3.63, 3.8) is 0 Å². The first-order valence-electron chi connectivity index (χ1n) is 13.2. The molecule has 6 nitrogen and oxygen atoms in total. The molecule has 2 aromatic carbocycles. The Balaban J connectivity index is 1.73. The number of rotatable bonds is 12. The van der Waals surface area contributed by atoms with Crippen LogP contribution in [-0.2, 0) is 16.0 Å². The molecule has 0 heterocycles. The number of benzene rings is 2. The quantitative estimate of drug-likeness (QED) is 0.381. The fourth-order valence-corrected chi connectivity index (χ4v) is 5.02. The van der Waals surface area contributed by atoms with Gasteiger partial charge < -0.3 is 15.7 Å². The zero-order valence-corrected chi connectivity index (χ0v) is 21.5. The molecule has 2 aromatic rings. The van der Waals surface area contributed by atoms with Crippen LogP contribution in [0.25, 0.3) is 0 Å². The van der Waals surface area contributed by atoms with E-state index in [2.05, 4.69) is 10.6 Å². The lowest BCUT2D eigenvalue weighted by molar-refractivity contribution is -0.130. The van der Waals surface area contributed by atoms with Crippen molar-refractivity contribution >= 4 is 17.6 Å². The summed E-state index contributed by atoms with van der Waals surface area (Å²) in [6, 6.07) is 16.6. The Morgan fingerprint density at radius 2 is 1.50 bits per heavy atom. The van der Waals surface area contributed by atoms with E-state index in [0.29, 0.717) is 24.3 Å². The highest BCUT2D eigenvalue weighted by molar-refractivity contribution is 6.00. The van der Waals surface area contributed by atoms with Gasteiger partial charge in [0.1, 0.15) is 12.1 Å². The van der Waals surface area contributed by atoms with Gasteiger partial charge in [-0.2, -0.15) is 0 Å². The van der Waals surface area contributed by atoms with Crippen LogP contribution in [0.15, 0.2) is 60.7 Å². The molecule has 3 rings (SSSR count). The normalized spacial score (nSPS) is 16.7. The number of ketones is 1. The maximum absolute atomic E-state index is 13.4. The van der Waals surface area contributed by atoms with Gasteiger partial charge in [-0.1, -0.05) is 107 Å². The van der Waals surface area contributed by atoms with Crippen LogP contribution in [0.2, 0.25) is 0 Å². The molecule has 194 valence electrons. The van der Waals surface area contributed by atoms with Crippen molar-refractivity contribution in [2.45, 2.75) is 83.4 Å². The summed E-state index contributed by atoms with van der Waals surface area (Å²) in [6.45, 7) is 3.99. The van der Waals surface area contributed by atoms with Gasteiger partial charge in [0.15, 0.2) is 5.78 Å². The fraction of sp³-hybridized carbons (Fsp3) is 0.500. The summed E-state index contributed by atoms with van der Waals surface area (Å²) in [5.41, 5.74) is 1.29. The Hall–Kier alpha value is -2.99. The van der Waals surface area contributed by atoms with E-state index in [4.69, 9.17) is 0 Å². The monoisotopic (exact) mass is 492 g/mol. The number of carbonyl (C=O) groups is 3. The fourth-order valence-electron chi connectivity index (χ4n) is 5.02. The number of amides is 2. The summed E-state index contributed by atoms with van der Waals surface area (Å²) in [5.74, 6) is -0.466. The van der Waals surface area contributed by atoms with Crippen molar-refractivity contribution in [3.05, 3.63) is 71.8 Å². The molecular formula is C30H40N2O4. The van der Waals surface area contributed by atoms with E-state index in [9.17, 15) is 19.5 Å². The summed E-state index contributed by atoms with van der Waals surface area (Å²) in [7, 11) is 0. The van der Waals surface area contributed by atoms with Gasteiger partial charge in [-0.05, 0) is 30.2 Å². The Morgan fingerprint density at radius 3 is 2.11 bits per heavy atom. The molecule has 0 spiro atoms. The maximum atomic E-state index is 13.4. The summed E-state index contributed by atoms with van der Waals surface area (Å²) in [6.07, 6.45) is 5.34. The SMILES string of the molecule is CC(C)C[C@H](NC(=O)Cc1ccccc1)C(=O)N[C@@H](CC1CCCCC1)[C@@H](O)C(=O)c1ccccc1. The molecule has 1 fully saturated rings. The zero-order chi connectivity index (χ0) is 25.9. The van der Waals surface area contributed by atoms with Gasteiger partial charge in [0.05, 0.1) is 12.5 Å². The minimum Gasteiger partial charge on any atom is -0.383 e. The molecule has 36 heavy (non-hydrogen) atoms. The van der Waals surface area contributed by atoms with Crippen LogP contribution in [0.1, 0.15) is 74.7 Å². The number of carbonyl (C=O) groups excluding carboxylic acids is 3. The van der Waals surface area contributed by atoms with Gasteiger partial charge in [0, 0.05) is 5.56 Å². The van der Waals surface area contributed by atoms with Crippen molar-refractivity contribution in [2.75, 3.05) is 0 Å². The van der Waals surface area contributed by atoms with Crippen LogP contribution >= 0.6 is 0 Å². The van der Waals surface area contributed by atoms with Crippen LogP contribution in [-0.4, -0.2) is 40.9 Å². The standard InChI is InChI=1S/C30H40N2O4/c1-21(2)18-26(31-27(33)20-23-14-8-4-9-15-23)30(36)32-25(19-22-12-6-3-7-13-22)29(35)28(34)24-16-10-5-11-17-24/h4-5,8-11,14-17,21-22,25-26,29,35H,3,6-7,12-13,18-20H2,1-2H3,(H,31,33)(H,32,36)/t25-,26-,29+/m0/s1. The Bertz CT molecular complexity index is 971. The molecule has 0 radical (unpaired) electrons. The molecule has 0 aromatic heterocycles. The number of aliphatic hydroxyl groups is 1. The Labute approximate surface area is 214 Å². The zero-order valence-electron chi connectivity index (χ0n) is 21.5. The van der Waals surface area contributed by atoms with E-state index in [1.165, 1.54) is 6.42 Å². The van der Waals surface area contributed by atoms with E-state index < -0.39 is 24.0 Å². The molecule has 6 heteroatoms. The van der Waals surface area contributed by atoms with E-state index in [1.807, 2.05) is 50.2 Å². The number of nitrogens with one attached hydrogen (secondary N) is 2. The van der Waals surface area contributed by atoms with Crippen LogP contribution < -0.4 is 10.6 Å². The highest BCUT2D eigenvalue weighted by Crippen LogP contribution is 2.28.